The molecular weight excluding hydrogens is 424 g/mol. The second-order valence-corrected chi connectivity index (χ2v) is 9.49. The summed E-state index contributed by atoms with van der Waals surface area (Å²) in [6, 6.07) is 13.0. The molecule has 1 aromatic heterocycles. The maximum atomic E-state index is 12.5. The predicted molar refractivity (Wildman–Crippen MR) is 130 cm³/mol. The van der Waals surface area contributed by atoms with Crippen LogP contribution in [0.15, 0.2) is 54.8 Å². The molecule has 0 aliphatic heterocycles. The molecule has 6 heteroatoms. The third-order valence-corrected chi connectivity index (χ3v) is 5.29. The van der Waals surface area contributed by atoms with Crippen LogP contribution in [-0.4, -0.2) is 40.6 Å². The fourth-order valence-corrected chi connectivity index (χ4v) is 3.81. The van der Waals surface area contributed by atoms with Crippen LogP contribution in [-0.2, 0) is 4.74 Å². The Morgan fingerprint density at radius 3 is 2.31 bits per heavy atom. The van der Waals surface area contributed by atoms with Crippen molar-refractivity contribution in [2.75, 3.05) is 14.1 Å². The van der Waals surface area contributed by atoms with Gasteiger partial charge in [0.25, 0.3) is 5.91 Å². The molecule has 1 atom stereocenters. The molecule has 0 spiro atoms. The maximum absolute atomic E-state index is 12.5. The van der Waals surface area contributed by atoms with Gasteiger partial charge in [-0.2, -0.15) is 0 Å². The first-order valence-corrected chi connectivity index (χ1v) is 10.7. The van der Waals surface area contributed by atoms with Crippen LogP contribution >= 0.6 is 11.6 Å². The summed E-state index contributed by atoms with van der Waals surface area (Å²) < 4.78 is 6.24. The monoisotopic (exact) mass is 452 g/mol. The summed E-state index contributed by atoms with van der Waals surface area (Å²) in [4.78, 5) is 18.6. The molecular formula is C26H29ClN2O3. The number of benzene rings is 2. The molecule has 0 saturated carbocycles. The van der Waals surface area contributed by atoms with Gasteiger partial charge in [0.2, 0.25) is 0 Å². The molecule has 1 heterocycles. The fourth-order valence-electron chi connectivity index (χ4n) is 3.68. The van der Waals surface area contributed by atoms with E-state index in [1.807, 2.05) is 64.1 Å². The van der Waals surface area contributed by atoms with Crippen molar-refractivity contribution in [2.24, 2.45) is 0 Å². The number of halogens is 1. The van der Waals surface area contributed by atoms with Gasteiger partial charge in [-0.15, -0.1) is 0 Å². The van der Waals surface area contributed by atoms with Crippen molar-refractivity contribution in [3.63, 3.8) is 0 Å². The number of aliphatic hydroxyl groups is 1. The van der Waals surface area contributed by atoms with Gasteiger partial charge in [0, 0.05) is 24.5 Å². The molecule has 5 nitrogen and oxygen atoms in total. The lowest BCUT2D eigenvalue weighted by atomic mass is 9.88. The van der Waals surface area contributed by atoms with Gasteiger partial charge >= 0.3 is 0 Å². The van der Waals surface area contributed by atoms with Gasteiger partial charge in [0.1, 0.15) is 17.6 Å². The number of carbonyl (C=O) groups excluding carboxylic acids is 1. The number of fused-ring (bicyclic) bond motifs is 1. The van der Waals surface area contributed by atoms with E-state index in [9.17, 15) is 9.90 Å². The van der Waals surface area contributed by atoms with Gasteiger partial charge in [0.15, 0.2) is 0 Å². The summed E-state index contributed by atoms with van der Waals surface area (Å²) in [7, 11) is 3.39. The van der Waals surface area contributed by atoms with E-state index in [0.29, 0.717) is 16.2 Å². The highest BCUT2D eigenvalue weighted by atomic mass is 35.5. The zero-order valence-corrected chi connectivity index (χ0v) is 20.1. The molecule has 1 N–H and O–H groups in total. The van der Waals surface area contributed by atoms with E-state index in [2.05, 4.69) is 11.6 Å². The standard InChI is InChI=1S/C26H29ClN2O3/c1-15-14-21-19(12-13-20(28-21)25(31)29(6)7)23(17-8-10-18(27)11-9-17)22(15)24(16(2)30)32-26(3,4)5/h8-14,24,30H,2H2,1,3-7H3/t24-/m1/s1. The SMILES string of the molecule is C=C(O)[C@@H](OC(C)(C)C)c1c(C)cc2nc(C(=O)N(C)C)ccc2c1-c1ccc(Cl)cc1. The molecule has 0 unspecified atom stereocenters. The zero-order chi connectivity index (χ0) is 23.8. The summed E-state index contributed by atoms with van der Waals surface area (Å²) in [6.07, 6.45) is -0.742. The van der Waals surface area contributed by atoms with Crippen molar-refractivity contribution >= 4 is 28.4 Å². The van der Waals surface area contributed by atoms with Gasteiger partial charge in [-0.25, -0.2) is 4.98 Å². The average Bonchev–Trinajstić information content (AvgIpc) is 2.70. The largest absolute Gasteiger partial charge is 0.510 e. The number of nitrogens with zero attached hydrogens (tertiary/aromatic N) is 2. The number of rotatable bonds is 5. The van der Waals surface area contributed by atoms with Crippen LogP contribution in [0.25, 0.3) is 22.0 Å². The molecule has 0 radical (unpaired) electrons. The van der Waals surface area contributed by atoms with Crippen LogP contribution in [0, 0.1) is 6.92 Å². The quantitative estimate of drug-likeness (QED) is 0.449. The first kappa shape index (κ1) is 23.8. The van der Waals surface area contributed by atoms with Gasteiger partial charge in [-0.3, -0.25) is 4.79 Å². The maximum Gasteiger partial charge on any atom is 0.271 e. The first-order chi connectivity index (χ1) is 14.9. The summed E-state index contributed by atoms with van der Waals surface area (Å²) in [6.45, 7) is 11.5. The highest BCUT2D eigenvalue weighted by Gasteiger charge is 2.29. The van der Waals surface area contributed by atoms with Gasteiger partial charge in [0.05, 0.1) is 11.1 Å². The lowest BCUT2D eigenvalue weighted by Gasteiger charge is -2.30. The Hall–Kier alpha value is -2.89. The van der Waals surface area contributed by atoms with Gasteiger partial charge < -0.3 is 14.7 Å². The van der Waals surface area contributed by atoms with Crippen LogP contribution in [0.3, 0.4) is 0 Å². The van der Waals surface area contributed by atoms with Crippen molar-refractivity contribution in [1.29, 1.82) is 0 Å². The minimum absolute atomic E-state index is 0.0787. The number of hydrogen-bond acceptors (Lipinski definition) is 4. The number of ether oxygens (including phenoxy) is 1. The van der Waals surface area contributed by atoms with E-state index in [1.54, 1.807) is 20.2 Å². The molecule has 168 valence electrons. The molecule has 3 rings (SSSR count). The van der Waals surface area contributed by atoms with Crippen LogP contribution < -0.4 is 0 Å². The molecule has 32 heavy (non-hydrogen) atoms. The second-order valence-electron chi connectivity index (χ2n) is 9.05. The topological polar surface area (TPSA) is 62.7 Å². The number of carbonyl (C=O) groups is 1. The highest BCUT2D eigenvalue weighted by molar-refractivity contribution is 6.30. The molecule has 0 aliphatic rings. The van der Waals surface area contributed by atoms with E-state index in [4.69, 9.17) is 16.3 Å². The molecule has 1 amide bonds. The van der Waals surface area contributed by atoms with Gasteiger partial charge in [-0.05, 0) is 80.3 Å². The third-order valence-electron chi connectivity index (χ3n) is 5.04. The van der Waals surface area contributed by atoms with Crippen LogP contribution in [0.5, 0.6) is 0 Å². The number of hydrogen-bond donors (Lipinski definition) is 1. The van der Waals surface area contributed by atoms with Crippen molar-refractivity contribution in [1.82, 2.24) is 9.88 Å². The summed E-state index contributed by atoms with van der Waals surface area (Å²) in [5, 5.41) is 12.0. The average molecular weight is 453 g/mol. The van der Waals surface area contributed by atoms with E-state index in [1.165, 1.54) is 4.90 Å². The third kappa shape index (κ3) is 4.95. The smallest absolute Gasteiger partial charge is 0.271 e. The zero-order valence-electron chi connectivity index (χ0n) is 19.4. The first-order valence-electron chi connectivity index (χ1n) is 10.4. The number of aryl methyl sites for hydroxylation is 1. The number of pyridine rings is 1. The van der Waals surface area contributed by atoms with E-state index < -0.39 is 11.7 Å². The van der Waals surface area contributed by atoms with Crippen molar-refractivity contribution < 1.29 is 14.6 Å². The molecule has 0 bridgehead atoms. The number of aromatic nitrogens is 1. The summed E-state index contributed by atoms with van der Waals surface area (Å²) in [5.41, 5.74) is 3.96. The Kier molecular flexibility index (Phi) is 6.63. The van der Waals surface area contributed by atoms with Crippen LogP contribution in [0.1, 0.15) is 48.5 Å². The molecule has 0 saturated heterocycles. The Labute approximate surface area is 194 Å². The Balaban J connectivity index is 2.37. The van der Waals surface area contributed by atoms with Gasteiger partial charge in [-0.1, -0.05) is 30.3 Å². The van der Waals surface area contributed by atoms with Crippen LogP contribution in [0.2, 0.25) is 5.02 Å². The summed E-state index contributed by atoms with van der Waals surface area (Å²) in [5.74, 6) is -0.246. The normalized spacial score (nSPS) is 12.6. The molecule has 2 aromatic carbocycles. The predicted octanol–water partition coefficient (Wildman–Crippen LogP) is 6.49. The van der Waals surface area contributed by atoms with Crippen molar-refractivity contribution in [3.05, 3.63) is 76.6 Å². The number of aliphatic hydroxyl groups excluding tert-OH is 1. The van der Waals surface area contributed by atoms with E-state index in [0.717, 1.165) is 27.6 Å². The molecule has 0 fully saturated rings. The van der Waals surface area contributed by atoms with Crippen molar-refractivity contribution in [3.8, 4) is 11.1 Å². The number of amides is 1. The van der Waals surface area contributed by atoms with E-state index in [-0.39, 0.29) is 11.7 Å². The minimum atomic E-state index is -0.742. The summed E-state index contributed by atoms with van der Waals surface area (Å²) >= 11 is 6.14. The molecule has 0 aliphatic carbocycles. The Bertz CT molecular complexity index is 1180. The second kappa shape index (κ2) is 8.93. The Morgan fingerprint density at radius 1 is 1.16 bits per heavy atom. The van der Waals surface area contributed by atoms with E-state index >= 15 is 0 Å². The lowest BCUT2D eigenvalue weighted by molar-refractivity contribution is -0.0595. The molecule has 3 aromatic rings. The lowest BCUT2D eigenvalue weighted by Crippen LogP contribution is -2.25. The highest BCUT2D eigenvalue weighted by Crippen LogP contribution is 2.42. The van der Waals surface area contributed by atoms with Crippen LogP contribution in [0.4, 0.5) is 0 Å². The Morgan fingerprint density at radius 2 is 1.78 bits per heavy atom. The van der Waals surface area contributed by atoms with Crippen molar-refractivity contribution in [2.45, 2.75) is 39.4 Å². The fraction of sp³-hybridized carbons (Fsp3) is 0.308. The minimum Gasteiger partial charge on any atom is -0.510 e.